The van der Waals surface area contributed by atoms with Crippen molar-refractivity contribution in [2.45, 2.75) is 6.54 Å². The van der Waals surface area contributed by atoms with Gasteiger partial charge in [-0.25, -0.2) is 9.79 Å². The Balaban J connectivity index is 1.67. The monoisotopic (exact) mass is 542 g/mol. The fraction of sp³-hybridized carbons (Fsp3) is 0.125. The van der Waals surface area contributed by atoms with Crippen LogP contribution in [-0.4, -0.2) is 40.8 Å². The Kier molecular flexibility index (Phi) is 7.39. The van der Waals surface area contributed by atoms with Gasteiger partial charge < -0.3 is 19.0 Å². The summed E-state index contributed by atoms with van der Waals surface area (Å²) >= 11 is 4.65. The maximum Gasteiger partial charge on any atom is 0.341 e. The zero-order valence-electron chi connectivity index (χ0n) is 17.9. The van der Waals surface area contributed by atoms with E-state index in [1.54, 1.807) is 41.5 Å². The maximum atomic E-state index is 13.3. The van der Waals surface area contributed by atoms with Gasteiger partial charge in [-0.3, -0.25) is 9.69 Å². The third kappa shape index (κ3) is 5.52. The van der Waals surface area contributed by atoms with Gasteiger partial charge in [0.25, 0.3) is 5.91 Å². The minimum atomic E-state index is -1.10. The average molecular weight is 543 g/mol. The van der Waals surface area contributed by atoms with Gasteiger partial charge in [-0.15, -0.1) is 0 Å². The van der Waals surface area contributed by atoms with Gasteiger partial charge in [0.05, 0.1) is 35.0 Å². The summed E-state index contributed by atoms with van der Waals surface area (Å²) in [5.74, 6) is -0.0700. The van der Waals surface area contributed by atoms with Gasteiger partial charge in [0.2, 0.25) is 0 Å². The number of hydrogen-bond acceptors (Lipinski definition) is 7. The Morgan fingerprint density at radius 3 is 2.71 bits per heavy atom. The molecule has 1 N–H and O–H groups in total. The Labute approximate surface area is 208 Å². The molecule has 10 heteroatoms. The average Bonchev–Trinajstić information content (AvgIpc) is 3.43. The first-order chi connectivity index (χ1) is 16.4. The number of aliphatic carboxylic acids is 1. The first kappa shape index (κ1) is 23.7. The molecule has 2 aromatic carbocycles. The van der Waals surface area contributed by atoms with Crippen LogP contribution in [0.25, 0.3) is 6.08 Å². The molecule has 0 unspecified atom stereocenters. The van der Waals surface area contributed by atoms with Gasteiger partial charge in [0, 0.05) is 0 Å². The molecule has 34 heavy (non-hydrogen) atoms. The van der Waals surface area contributed by atoms with Crippen LogP contribution >= 0.6 is 27.7 Å². The summed E-state index contributed by atoms with van der Waals surface area (Å²) in [5, 5.41) is 9.43. The molecule has 3 aromatic rings. The van der Waals surface area contributed by atoms with E-state index in [1.807, 2.05) is 30.3 Å². The number of carboxylic acid groups (broad SMARTS) is 1. The van der Waals surface area contributed by atoms with E-state index in [9.17, 15) is 9.59 Å². The number of rotatable bonds is 8. The molecule has 0 radical (unpaired) electrons. The van der Waals surface area contributed by atoms with E-state index in [-0.39, 0.29) is 18.2 Å². The lowest BCUT2D eigenvalue weighted by atomic mass is 10.2. The van der Waals surface area contributed by atoms with E-state index in [4.69, 9.17) is 19.0 Å². The van der Waals surface area contributed by atoms with Crippen LogP contribution < -0.4 is 9.47 Å². The zero-order chi connectivity index (χ0) is 24.1. The largest absolute Gasteiger partial charge is 0.493 e. The number of ether oxygens (including phenoxy) is 2. The summed E-state index contributed by atoms with van der Waals surface area (Å²) < 4.78 is 16.6. The van der Waals surface area contributed by atoms with Gasteiger partial charge in [0.1, 0.15) is 5.76 Å². The van der Waals surface area contributed by atoms with Gasteiger partial charge in [-0.05, 0) is 75.7 Å². The number of para-hydroxylation sites is 1. The molecule has 0 bridgehead atoms. The smallest absolute Gasteiger partial charge is 0.341 e. The van der Waals surface area contributed by atoms with E-state index in [1.165, 1.54) is 18.9 Å². The summed E-state index contributed by atoms with van der Waals surface area (Å²) in [4.78, 5) is 30.9. The number of nitrogens with zero attached hydrogens (tertiary/aromatic N) is 2. The second kappa shape index (κ2) is 10.6. The third-order valence-corrected chi connectivity index (χ3v) is 6.25. The molecule has 0 spiro atoms. The van der Waals surface area contributed by atoms with Gasteiger partial charge >= 0.3 is 5.97 Å². The number of thioether (sulfide) groups is 1. The molecule has 0 saturated carbocycles. The molecule has 1 aliphatic heterocycles. The lowest BCUT2D eigenvalue weighted by Gasteiger charge is -2.14. The molecule has 2 heterocycles. The highest BCUT2D eigenvalue weighted by Gasteiger charge is 2.34. The van der Waals surface area contributed by atoms with Crippen molar-refractivity contribution >= 4 is 56.5 Å². The van der Waals surface area contributed by atoms with Crippen molar-refractivity contribution in [3.05, 3.63) is 81.6 Å². The van der Waals surface area contributed by atoms with E-state index in [0.29, 0.717) is 31.6 Å². The van der Waals surface area contributed by atoms with Crippen LogP contribution in [0.15, 0.2) is 79.6 Å². The molecular weight excluding hydrogens is 524 g/mol. The number of furan rings is 1. The van der Waals surface area contributed by atoms with Gasteiger partial charge in [-0.1, -0.05) is 18.2 Å². The molecule has 4 rings (SSSR count). The van der Waals surface area contributed by atoms with Crippen LogP contribution in [0.2, 0.25) is 0 Å². The number of carboxylic acids is 1. The maximum absolute atomic E-state index is 13.3. The van der Waals surface area contributed by atoms with Gasteiger partial charge in [0.15, 0.2) is 23.3 Å². The Hall–Kier alpha value is -3.50. The minimum Gasteiger partial charge on any atom is -0.493 e. The number of carbonyl (C=O) groups is 2. The molecule has 0 aliphatic carbocycles. The molecule has 174 valence electrons. The molecule has 0 atom stereocenters. The number of benzene rings is 2. The van der Waals surface area contributed by atoms with E-state index < -0.39 is 12.6 Å². The van der Waals surface area contributed by atoms with Gasteiger partial charge in [-0.2, -0.15) is 0 Å². The zero-order valence-corrected chi connectivity index (χ0v) is 20.3. The topological polar surface area (TPSA) is 102 Å². The summed E-state index contributed by atoms with van der Waals surface area (Å²) in [6, 6.07) is 16.4. The second-order valence-electron chi connectivity index (χ2n) is 7.03. The highest BCUT2D eigenvalue weighted by atomic mass is 79.9. The van der Waals surface area contributed by atoms with Crippen LogP contribution in [-0.2, 0) is 16.1 Å². The first-order valence-corrected chi connectivity index (χ1v) is 11.6. The molecule has 1 fully saturated rings. The number of amides is 1. The van der Waals surface area contributed by atoms with Crippen molar-refractivity contribution in [3.63, 3.8) is 0 Å². The predicted octanol–water partition coefficient (Wildman–Crippen LogP) is 5.32. The van der Waals surface area contributed by atoms with Crippen LogP contribution in [0.1, 0.15) is 11.3 Å². The van der Waals surface area contributed by atoms with Crippen LogP contribution in [0, 0.1) is 0 Å². The summed E-state index contributed by atoms with van der Waals surface area (Å²) in [7, 11) is 1.46. The predicted molar refractivity (Wildman–Crippen MR) is 132 cm³/mol. The Bertz CT molecular complexity index is 1260. The lowest BCUT2D eigenvalue weighted by Crippen LogP contribution is -2.28. The number of methoxy groups -OCH3 is 1. The molecule has 1 amide bonds. The summed E-state index contributed by atoms with van der Waals surface area (Å²) in [6.45, 7) is -0.262. The fourth-order valence-electron chi connectivity index (χ4n) is 3.15. The van der Waals surface area contributed by atoms with Crippen molar-refractivity contribution < 1.29 is 28.6 Å². The van der Waals surface area contributed by atoms with Crippen molar-refractivity contribution in [2.24, 2.45) is 4.99 Å². The summed E-state index contributed by atoms with van der Waals surface area (Å²) in [5.41, 5.74) is 1.40. The van der Waals surface area contributed by atoms with E-state index in [0.717, 1.165) is 5.69 Å². The van der Waals surface area contributed by atoms with E-state index >= 15 is 0 Å². The number of halogens is 1. The Morgan fingerprint density at radius 2 is 2.03 bits per heavy atom. The third-order valence-electron chi connectivity index (χ3n) is 4.65. The van der Waals surface area contributed by atoms with E-state index in [2.05, 4.69) is 20.9 Å². The lowest BCUT2D eigenvalue weighted by molar-refractivity contribution is -0.139. The Morgan fingerprint density at radius 1 is 1.24 bits per heavy atom. The number of carbonyl (C=O) groups excluding carboxylic acids is 1. The SMILES string of the molecule is COc1cc(/C=C2\SC(=Nc3ccccc3)N(Cc3ccco3)C2=O)cc(Br)c1OCC(=O)O. The molecule has 1 aliphatic rings. The summed E-state index contributed by atoms with van der Waals surface area (Å²) in [6.07, 6.45) is 3.29. The highest BCUT2D eigenvalue weighted by Crippen LogP contribution is 2.40. The molecule has 8 nitrogen and oxygen atoms in total. The number of amidine groups is 1. The quantitative estimate of drug-likeness (QED) is 0.384. The highest BCUT2D eigenvalue weighted by molar-refractivity contribution is 9.10. The number of aliphatic imine (C=N–C) groups is 1. The van der Waals surface area contributed by atoms with Crippen molar-refractivity contribution in [2.75, 3.05) is 13.7 Å². The fourth-order valence-corrected chi connectivity index (χ4v) is 4.72. The minimum absolute atomic E-state index is 0.211. The second-order valence-corrected chi connectivity index (χ2v) is 8.89. The van der Waals surface area contributed by atoms with Crippen molar-refractivity contribution in [1.82, 2.24) is 4.90 Å². The van der Waals surface area contributed by atoms with Crippen LogP contribution in [0.3, 0.4) is 0 Å². The van der Waals surface area contributed by atoms with Crippen LogP contribution in [0.4, 0.5) is 5.69 Å². The number of hydrogen-bond donors (Lipinski definition) is 1. The van der Waals surface area contributed by atoms with Crippen molar-refractivity contribution in [1.29, 1.82) is 0 Å². The van der Waals surface area contributed by atoms with Crippen LogP contribution in [0.5, 0.6) is 11.5 Å². The molecular formula is C24H19BrN2O6S. The molecule has 1 aromatic heterocycles. The first-order valence-electron chi connectivity index (χ1n) is 10.0. The van der Waals surface area contributed by atoms with Crippen molar-refractivity contribution in [3.8, 4) is 11.5 Å². The molecule has 1 saturated heterocycles. The normalized spacial score (nSPS) is 15.8. The standard InChI is InChI=1S/C24H19BrN2O6S/c1-31-19-11-15(10-18(25)22(19)33-14-21(28)29)12-20-23(30)27(13-17-8-5-9-32-17)24(34-20)26-16-6-3-2-4-7-16/h2-12H,13-14H2,1H3,(H,28,29)/b20-12-,26-24?.